The molecule has 2 aliphatic rings. The van der Waals surface area contributed by atoms with Crippen molar-refractivity contribution in [3.05, 3.63) is 35.3 Å². The van der Waals surface area contributed by atoms with E-state index in [4.69, 9.17) is 19.4 Å². The lowest BCUT2D eigenvalue weighted by molar-refractivity contribution is -0.0366. The van der Waals surface area contributed by atoms with Crippen LogP contribution in [0, 0.1) is 0 Å². The van der Waals surface area contributed by atoms with Crippen molar-refractivity contribution in [1.82, 2.24) is 19.7 Å². The summed E-state index contributed by atoms with van der Waals surface area (Å²) in [5.74, 6) is 1.51. The molecule has 32 heavy (non-hydrogen) atoms. The maximum Gasteiger partial charge on any atom is 0.162 e. The lowest BCUT2D eigenvalue weighted by atomic mass is 10.1. The van der Waals surface area contributed by atoms with Gasteiger partial charge in [0.2, 0.25) is 0 Å². The van der Waals surface area contributed by atoms with Gasteiger partial charge in [0, 0.05) is 30.6 Å². The number of carbonyl (C=O) groups is 1. The molecular formula is C23H23N5O3S. The number of benzene rings is 1. The number of fused-ring (bicyclic) bond motifs is 2. The second kappa shape index (κ2) is 8.23. The standard InChI is InChI=1S/C23H23N5O3S/c29-14-15-12-18-21(32-15)23(27-7-10-30-11-8-27)26-22(25-18)16-4-3-5-19-17(16)13-24-28(19)20-6-1-2-9-31-20/h3-5,12-14,20H,1-2,6-11H2. The van der Waals surface area contributed by atoms with E-state index in [1.807, 2.05) is 29.1 Å². The average Bonchev–Trinajstić information content (AvgIpc) is 3.48. The lowest BCUT2D eigenvalue weighted by Gasteiger charge is -2.28. The number of morpholine rings is 1. The van der Waals surface area contributed by atoms with Crippen LogP contribution in [0.15, 0.2) is 30.5 Å². The van der Waals surface area contributed by atoms with E-state index in [0.717, 1.165) is 77.7 Å². The highest BCUT2D eigenvalue weighted by Crippen LogP contribution is 2.36. The first-order valence-electron chi connectivity index (χ1n) is 11.0. The first kappa shape index (κ1) is 19.8. The minimum Gasteiger partial charge on any atom is -0.378 e. The van der Waals surface area contributed by atoms with Gasteiger partial charge >= 0.3 is 0 Å². The molecule has 6 rings (SSSR count). The summed E-state index contributed by atoms with van der Waals surface area (Å²) in [5.41, 5.74) is 2.74. The fourth-order valence-corrected chi connectivity index (χ4v) is 5.44. The minimum absolute atomic E-state index is 0.0316. The topological polar surface area (TPSA) is 82.4 Å². The van der Waals surface area contributed by atoms with Crippen molar-refractivity contribution in [2.75, 3.05) is 37.8 Å². The van der Waals surface area contributed by atoms with Crippen LogP contribution in [-0.2, 0) is 9.47 Å². The van der Waals surface area contributed by atoms with Gasteiger partial charge in [-0.2, -0.15) is 5.10 Å². The minimum atomic E-state index is -0.0316. The summed E-state index contributed by atoms with van der Waals surface area (Å²) in [7, 11) is 0. The van der Waals surface area contributed by atoms with Crippen LogP contribution in [-0.4, -0.2) is 58.9 Å². The van der Waals surface area contributed by atoms with Crippen LogP contribution in [0.3, 0.4) is 0 Å². The second-order valence-corrected chi connectivity index (χ2v) is 9.18. The molecule has 9 heteroatoms. The summed E-state index contributed by atoms with van der Waals surface area (Å²) in [5, 5.41) is 5.66. The van der Waals surface area contributed by atoms with Gasteiger partial charge in [0.1, 0.15) is 0 Å². The zero-order valence-electron chi connectivity index (χ0n) is 17.6. The molecule has 0 amide bonds. The number of aldehydes is 1. The van der Waals surface area contributed by atoms with E-state index < -0.39 is 0 Å². The number of rotatable bonds is 4. The Morgan fingerprint density at radius 2 is 2.03 bits per heavy atom. The fourth-order valence-electron chi connectivity index (χ4n) is 4.51. The summed E-state index contributed by atoms with van der Waals surface area (Å²) < 4.78 is 14.4. The van der Waals surface area contributed by atoms with Crippen LogP contribution in [0.1, 0.15) is 35.2 Å². The number of aromatic nitrogens is 4. The summed E-state index contributed by atoms with van der Waals surface area (Å²) in [6.45, 7) is 3.63. The van der Waals surface area contributed by atoms with Gasteiger partial charge in [0.05, 0.1) is 40.0 Å². The predicted molar refractivity (Wildman–Crippen MR) is 123 cm³/mol. The molecule has 2 aliphatic heterocycles. The maximum absolute atomic E-state index is 11.5. The number of thiophene rings is 1. The van der Waals surface area contributed by atoms with Crippen LogP contribution >= 0.6 is 11.3 Å². The highest BCUT2D eigenvalue weighted by molar-refractivity contribution is 7.21. The van der Waals surface area contributed by atoms with Gasteiger partial charge < -0.3 is 14.4 Å². The third kappa shape index (κ3) is 3.37. The van der Waals surface area contributed by atoms with Gasteiger partial charge in [-0.3, -0.25) is 4.79 Å². The van der Waals surface area contributed by atoms with Crippen LogP contribution in [0.25, 0.3) is 32.5 Å². The van der Waals surface area contributed by atoms with Gasteiger partial charge in [0.15, 0.2) is 24.2 Å². The van der Waals surface area contributed by atoms with Crippen molar-refractivity contribution in [3.63, 3.8) is 0 Å². The largest absolute Gasteiger partial charge is 0.378 e. The maximum atomic E-state index is 11.5. The first-order valence-corrected chi connectivity index (χ1v) is 11.8. The van der Waals surface area contributed by atoms with Gasteiger partial charge in [0.25, 0.3) is 0 Å². The van der Waals surface area contributed by atoms with E-state index in [2.05, 4.69) is 16.1 Å². The predicted octanol–water partition coefficient (Wildman–Crippen LogP) is 4.06. The number of carbonyl (C=O) groups excluding carboxylic acids is 1. The van der Waals surface area contributed by atoms with E-state index in [0.29, 0.717) is 23.9 Å². The molecule has 0 saturated carbocycles. The zero-order valence-corrected chi connectivity index (χ0v) is 18.4. The van der Waals surface area contributed by atoms with Gasteiger partial charge in [-0.15, -0.1) is 11.3 Å². The number of nitrogens with zero attached hydrogens (tertiary/aromatic N) is 5. The van der Waals surface area contributed by atoms with E-state index in [9.17, 15) is 4.79 Å². The third-order valence-corrected chi connectivity index (χ3v) is 7.16. The number of hydrogen-bond donors (Lipinski definition) is 0. The van der Waals surface area contributed by atoms with Crippen molar-refractivity contribution in [1.29, 1.82) is 0 Å². The van der Waals surface area contributed by atoms with Gasteiger partial charge in [-0.05, 0) is 31.4 Å². The third-order valence-electron chi connectivity index (χ3n) is 6.11. The molecule has 1 unspecified atom stereocenters. The molecule has 1 aromatic carbocycles. The summed E-state index contributed by atoms with van der Waals surface area (Å²) >= 11 is 1.44. The van der Waals surface area contributed by atoms with Crippen molar-refractivity contribution < 1.29 is 14.3 Å². The Bertz CT molecular complexity index is 1290. The Hall–Kier alpha value is -2.88. The summed E-state index contributed by atoms with van der Waals surface area (Å²) in [4.78, 5) is 24.2. The Labute approximate surface area is 188 Å². The Kier molecular flexibility index (Phi) is 5.09. The van der Waals surface area contributed by atoms with Gasteiger partial charge in [-0.25, -0.2) is 14.6 Å². The molecule has 4 aromatic rings. The molecule has 1 atom stereocenters. The normalized spacial score (nSPS) is 19.6. The van der Waals surface area contributed by atoms with Crippen molar-refractivity contribution in [2.45, 2.75) is 25.5 Å². The van der Waals surface area contributed by atoms with Crippen LogP contribution in [0.4, 0.5) is 5.82 Å². The second-order valence-electron chi connectivity index (χ2n) is 8.10. The van der Waals surface area contributed by atoms with Gasteiger partial charge in [-0.1, -0.05) is 12.1 Å². The van der Waals surface area contributed by atoms with E-state index >= 15 is 0 Å². The van der Waals surface area contributed by atoms with Crippen molar-refractivity contribution >= 4 is 44.6 Å². The lowest BCUT2D eigenvalue weighted by Crippen LogP contribution is -2.36. The van der Waals surface area contributed by atoms with Crippen molar-refractivity contribution in [2.24, 2.45) is 0 Å². The molecule has 0 spiro atoms. The molecule has 0 N–H and O–H groups in total. The monoisotopic (exact) mass is 449 g/mol. The number of anilines is 1. The molecule has 0 radical (unpaired) electrons. The highest BCUT2D eigenvalue weighted by Gasteiger charge is 2.23. The quantitative estimate of drug-likeness (QED) is 0.435. The smallest absolute Gasteiger partial charge is 0.162 e. The Morgan fingerprint density at radius 3 is 2.84 bits per heavy atom. The average molecular weight is 450 g/mol. The highest BCUT2D eigenvalue weighted by atomic mass is 32.1. The molecule has 164 valence electrons. The van der Waals surface area contributed by atoms with Crippen molar-refractivity contribution in [3.8, 4) is 11.4 Å². The number of hydrogen-bond acceptors (Lipinski definition) is 8. The summed E-state index contributed by atoms with van der Waals surface area (Å²) in [6.07, 6.45) is 5.94. The summed E-state index contributed by atoms with van der Waals surface area (Å²) in [6, 6.07) is 7.97. The molecule has 0 bridgehead atoms. The van der Waals surface area contributed by atoms with E-state index in [1.165, 1.54) is 11.3 Å². The van der Waals surface area contributed by atoms with E-state index in [1.54, 1.807) is 0 Å². The molecule has 5 heterocycles. The zero-order chi connectivity index (χ0) is 21.5. The van der Waals surface area contributed by atoms with E-state index in [-0.39, 0.29) is 6.23 Å². The SMILES string of the molecule is O=Cc1cc2nc(-c3cccc4c3cnn4C3CCCCO3)nc(N3CCOCC3)c2s1. The van der Waals surface area contributed by atoms with Crippen LogP contribution in [0.2, 0.25) is 0 Å². The molecule has 3 aromatic heterocycles. The van der Waals surface area contributed by atoms with Crippen LogP contribution in [0.5, 0.6) is 0 Å². The molecule has 0 aliphatic carbocycles. The molecule has 2 fully saturated rings. The number of ether oxygens (including phenoxy) is 2. The Morgan fingerprint density at radius 1 is 1.12 bits per heavy atom. The first-order chi connectivity index (χ1) is 15.8. The fraction of sp³-hybridized carbons (Fsp3) is 0.391. The molecule has 2 saturated heterocycles. The van der Waals surface area contributed by atoms with Crippen LogP contribution < -0.4 is 4.90 Å². The molecule has 8 nitrogen and oxygen atoms in total. The molecular weight excluding hydrogens is 426 g/mol. The Balaban J connectivity index is 1.50.